The van der Waals surface area contributed by atoms with Gasteiger partial charge < -0.3 is 24.7 Å². The summed E-state index contributed by atoms with van der Waals surface area (Å²) in [6.45, 7) is -0.0132. The summed E-state index contributed by atoms with van der Waals surface area (Å²) >= 11 is 6.56. The third kappa shape index (κ3) is 4.68. The van der Waals surface area contributed by atoms with Crippen LogP contribution in [0.1, 0.15) is 6.42 Å². The molecular weight excluding hydrogens is 512 g/mol. The first-order valence-electron chi connectivity index (χ1n) is 12.0. The molecular formula is C26H23ClN6O5. The van der Waals surface area contributed by atoms with E-state index in [4.69, 9.17) is 21.1 Å². The van der Waals surface area contributed by atoms with E-state index >= 15 is 0 Å². The Balaban J connectivity index is 1.20. The normalized spacial score (nSPS) is 19.6. The van der Waals surface area contributed by atoms with E-state index < -0.39 is 18.3 Å². The Kier molecular flexibility index (Phi) is 6.42. The average molecular weight is 535 g/mol. The van der Waals surface area contributed by atoms with Crippen LogP contribution in [0.2, 0.25) is 5.02 Å². The van der Waals surface area contributed by atoms with Crippen molar-refractivity contribution in [2.75, 3.05) is 13.2 Å². The van der Waals surface area contributed by atoms with Crippen molar-refractivity contribution < 1.29 is 19.7 Å². The van der Waals surface area contributed by atoms with Crippen LogP contribution in [0.4, 0.5) is 0 Å². The van der Waals surface area contributed by atoms with Gasteiger partial charge >= 0.3 is 5.69 Å². The summed E-state index contributed by atoms with van der Waals surface area (Å²) in [4.78, 5) is 26.4. The first-order chi connectivity index (χ1) is 18.5. The second-order valence-electron chi connectivity index (χ2n) is 8.96. The molecule has 38 heavy (non-hydrogen) atoms. The van der Waals surface area contributed by atoms with Gasteiger partial charge in [-0.05, 0) is 29.3 Å². The lowest BCUT2D eigenvalue weighted by atomic mass is 10.0. The fourth-order valence-corrected chi connectivity index (χ4v) is 4.71. The summed E-state index contributed by atoms with van der Waals surface area (Å²) in [5, 5.41) is 23.7. The molecule has 1 aliphatic heterocycles. The minimum absolute atomic E-state index is 0.232. The quantitative estimate of drug-likeness (QED) is 0.259. The number of aromatic nitrogens is 6. The number of hydrogen-bond acceptors (Lipinski definition) is 8. The molecule has 0 bridgehead atoms. The number of H-pyrrole nitrogens is 2. The number of rotatable bonds is 6. The molecule has 0 saturated carbocycles. The third-order valence-electron chi connectivity index (χ3n) is 6.45. The molecule has 1 aliphatic rings. The van der Waals surface area contributed by atoms with Crippen LogP contribution in [0.5, 0.6) is 6.01 Å². The Hall–Kier alpha value is -4.03. The highest BCUT2D eigenvalue weighted by molar-refractivity contribution is 6.33. The molecule has 0 spiro atoms. The van der Waals surface area contributed by atoms with Gasteiger partial charge in [-0.15, -0.1) is 0 Å². The van der Waals surface area contributed by atoms with Gasteiger partial charge in [-0.3, -0.25) is 4.98 Å². The number of aliphatic hydroxyl groups is 2. The van der Waals surface area contributed by atoms with Crippen LogP contribution in [-0.4, -0.2) is 71.5 Å². The lowest BCUT2D eigenvalue weighted by Gasteiger charge is -2.31. The first kappa shape index (κ1) is 24.3. The van der Waals surface area contributed by atoms with Crippen molar-refractivity contribution in [3.8, 4) is 34.1 Å². The van der Waals surface area contributed by atoms with Crippen LogP contribution in [0.3, 0.4) is 0 Å². The molecule has 2 aromatic carbocycles. The van der Waals surface area contributed by atoms with Crippen molar-refractivity contribution in [2.45, 2.75) is 24.7 Å². The van der Waals surface area contributed by atoms with Crippen molar-refractivity contribution in [1.82, 2.24) is 29.7 Å². The number of pyridine rings is 1. The van der Waals surface area contributed by atoms with Gasteiger partial charge in [0.05, 0.1) is 41.2 Å². The molecule has 4 heterocycles. The Labute approximate surface area is 220 Å². The highest BCUT2D eigenvalue weighted by atomic mass is 35.5. The van der Waals surface area contributed by atoms with Gasteiger partial charge in [-0.25, -0.2) is 9.78 Å². The van der Waals surface area contributed by atoms with E-state index in [1.807, 2.05) is 48.5 Å². The van der Waals surface area contributed by atoms with Gasteiger partial charge in [-0.2, -0.15) is 14.8 Å². The summed E-state index contributed by atoms with van der Waals surface area (Å²) in [6, 6.07) is 17.3. The number of benzene rings is 2. The van der Waals surface area contributed by atoms with Crippen molar-refractivity contribution in [2.24, 2.45) is 0 Å². The summed E-state index contributed by atoms with van der Waals surface area (Å²) in [6.07, 6.45) is -0.160. The van der Waals surface area contributed by atoms with Gasteiger partial charge in [-0.1, -0.05) is 48.0 Å². The molecule has 3 atom stereocenters. The van der Waals surface area contributed by atoms with Crippen LogP contribution in [0.25, 0.3) is 39.2 Å². The molecule has 3 aromatic heterocycles. The minimum Gasteiger partial charge on any atom is -0.459 e. The van der Waals surface area contributed by atoms with Gasteiger partial charge in [0, 0.05) is 12.0 Å². The molecule has 1 saturated heterocycles. The second kappa shape index (κ2) is 10.0. The number of hydrogen-bond donors (Lipinski definition) is 4. The number of halogens is 1. The first-order valence-corrected chi connectivity index (χ1v) is 12.3. The summed E-state index contributed by atoms with van der Waals surface area (Å²) in [5.74, 6) is 0. The van der Waals surface area contributed by atoms with Crippen LogP contribution < -0.4 is 10.4 Å². The van der Waals surface area contributed by atoms with Crippen molar-refractivity contribution in [3.05, 3.63) is 76.4 Å². The molecule has 194 valence electrons. The van der Waals surface area contributed by atoms with Gasteiger partial charge in [0.25, 0.3) is 6.01 Å². The van der Waals surface area contributed by atoms with Crippen LogP contribution in [0, 0.1) is 0 Å². The van der Waals surface area contributed by atoms with Gasteiger partial charge in [0.1, 0.15) is 18.5 Å². The molecule has 6 rings (SSSR count). The molecule has 11 nitrogen and oxygen atoms in total. The van der Waals surface area contributed by atoms with Crippen LogP contribution in [-0.2, 0) is 4.74 Å². The SMILES string of the molecule is O=c1[nH]cnn1-c1ccc(-c2ccc(-c3nc4nc(O[C@H]5CO[C@H](CO)[C@@H](O)C5)[nH]c4cc3Cl)cc2)cc1. The zero-order valence-electron chi connectivity index (χ0n) is 19.9. The molecule has 0 amide bonds. The fraction of sp³-hybridized carbons (Fsp3) is 0.231. The van der Waals surface area contributed by atoms with E-state index in [0.717, 1.165) is 16.7 Å². The second-order valence-corrected chi connectivity index (χ2v) is 9.37. The van der Waals surface area contributed by atoms with E-state index in [1.165, 1.54) is 11.0 Å². The van der Waals surface area contributed by atoms with E-state index in [0.29, 0.717) is 34.0 Å². The average Bonchev–Trinajstić information content (AvgIpc) is 3.53. The number of aromatic amines is 2. The maximum atomic E-state index is 11.8. The van der Waals surface area contributed by atoms with Gasteiger partial charge in [0.2, 0.25) is 0 Å². The Morgan fingerprint density at radius 3 is 2.45 bits per heavy atom. The summed E-state index contributed by atoms with van der Waals surface area (Å²) in [5.41, 5.74) is 4.81. The summed E-state index contributed by atoms with van der Waals surface area (Å²) in [7, 11) is 0. The summed E-state index contributed by atoms with van der Waals surface area (Å²) < 4.78 is 12.6. The topological polar surface area (TPSA) is 151 Å². The monoisotopic (exact) mass is 534 g/mol. The van der Waals surface area contributed by atoms with Crippen molar-refractivity contribution in [1.29, 1.82) is 0 Å². The molecule has 0 unspecified atom stereocenters. The fourth-order valence-electron chi connectivity index (χ4n) is 4.45. The lowest BCUT2D eigenvalue weighted by Crippen LogP contribution is -2.45. The lowest BCUT2D eigenvalue weighted by molar-refractivity contribution is -0.131. The maximum absolute atomic E-state index is 11.8. The smallest absolute Gasteiger partial charge is 0.347 e. The van der Waals surface area contributed by atoms with Gasteiger partial charge in [0.15, 0.2) is 5.65 Å². The number of nitrogens with zero attached hydrogens (tertiary/aromatic N) is 4. The van der Waals surface area contributed by atoms with Crippen molar-refractivity contribution in [3.63, 3.8) is 0 Å². The number of ether oxygens (including phenoxy) is 2. The molecule has 5 aromatic rings. The Morgan fingerprint density at radius 1 is 1.08 bits per heavy atom. The zero-order valence-corrected chi connectivity index (χ0v) is 20.7. The number of fused-ring (bicyclic) bond motifs is 1. The van der Waals surface area contributed by atoms with E-state index in [9.17, 15) is 15.0 Å². The standard InChI is InChI=1S/C26H23ClN6O5/c27-19-10-20-24(32-25(30-20)38-18-9-21(35)22(11-34)37-12-18)31-23(19)16-3-1-14(2-4-16)15-5-7-17(8-6-15)33-26(36)28-13-29-33/h1-8,10,13,18,21-22,34-35H,9,11-12H2,(H,28,29,36)(H,30,31,32)/t18-,21+,22-/m1/s1. The highest BCUT2D eigenvalue weighted by Gasteiger charge is 2.31. The minimum atomic E-state index is -0.816. The molecule has 12 heteroatoms. The van der Waals surface area contributed by atoms with E-state index in [-0.39, 0.29) is 24.9 Å². The maximum Gasteiger partial charge on any atom is 0.347 e. The largest absolute Gasteiger partial charge is 0.459 e. The molecule has 0 radical (unpaired) electrons. The third-order valence-corrected chi connectivity index (χ3v) is 6.74. The van der Waals surface area contributed by atoms with E-state index in [1.54, 1.807) is 6.07 Å². The predicted octanol–water partition coefficient (Wildman–Crippen LogP) is 2.71. The van der Waals surface area contributed by atoms with E-state index in [2.05, 4.69) is 25.0 Å². The van der Waals surface area contributed by atoms with Crippen LogP contribution in [0.15, 0.2) is 65.7 Å². The highest BCUT2D eigenvalue weighted by Crippen LogP contribution is 2.31. The molecule has 4 N–H and O–H groups in total. The number of nitrogens with one attached hydrogen (secondary N) is 2. The zero-order chi connectivity index (χ0) is 26.2. The predicted molar refractivity (Wildman–Crippen MR) is 139 cm³/mol. The Morgan fingerprint density at radius 2 is 1.79 bits per heavy atom. The van der Waals surface area contributed by atoms with Crippen molar-refractivity contribution >= 4 is 22.8 Å². The Bertz CT molecular complexity index is 1630. The number of aliphatic hydroxyl groups excluding tert-OH is 2. The van der Waals surface area contributed by atoms with Crippen LogP contribution >= 0.6 is 11.6 Å². The molecule has 1 fully saturated rings. The number of imidazole rings is 1. The molecule has 0 aliphatic carbocycles.